The molecule has 2 aromatic carbocycles. The van der Waals surface area contributed by atoms with Gasteiger partial charge in [0.15, 0.2) is 25.1 Å². The molecule has 206 valence electrons. The molecule has 0 saturated carbocycles. The summed E-state index contributed by atoms with van der Waals surface area (Å²) in [5, 5.41) is 23.5. The van der Waals surface area contributed by atoms with Crippen LogP contribution in [0.5, 0.6) is 17.2 Å². The normalized spacial score (nSPS) is 12.6. The zero-order valence-corrected chi connectivity index (χ0v) is 22.9. The van der Waals surface area contributed by atoms with Crippen molar-refractivity contribution >= 4 is 17.3 Å². The number of benzene rings is 2. The second kappa shape index (κ2) is 14.1. The Kier molecular flexibility index (Phi) is 10.9. The number of methoxy groups -OCH3 is 2. The van der Waals surface area contributed by atoms with Crippen LogP contribution in [0.4, 0.5) is 0 Å². The molecule has 1 heterocycles. The maximum Gasteiger partial charge on any atom is 0.344 e. The third-order valence-corrected chi connectivity index (χ3v) is 6.22. The third kappa shape index (κ3) is 7.00. The van der Waals surface area contributed by atoms with Crippen molar-refractivity contribution < 1.29 is 43.4 Å². The predicted octanol–water partition coefficient (Wildman–Crippen LogP) is 4.43. The number of carbonyl (C=O) groups excluding carboxylic acids is 1. The molecule has 1 aromatic heterocycles. The number of esters is 1. The number of hydrogen-bond donors (Lipinski definition) is 2. The standard InChI is InChI=1S/C27H33NO9S/c1-6-34-22-9-8-17(12-23(22)35-7-2)26-28-21(13-38-26)18-10-19(24(30)16(3)29)25(36-14-32-4)20(11-18)27(31)37-15-33-5/h8-13,16,24,29-30H,6-7,14-15H2,1-5H3. The first kappa shape index (κ1) is 29.3. The lowest BCUT2D eigenvalue weighted by Gasteiger charge is -2.21. The third-order valence-electron chi connectivity index (χ3n) is 5.33. The summed E-state index contributed by atoms with van der Waals surface area (Å²) >= 11 is 1.40. The van der Waals surface area contributed by atoms with Crippen molar-refractivity contribution in [1.29, 1.82) is 0 Å². The van der Waals surface area contributed by atoms with Crippen LogP contribution >= 0.6 is 11.3 Å². The minimum Gasteiger partial charge on any atom is -0.490 e. The highest BCUT2D eigenvalue weighted by molar-refractivity contribution is 7.13. The molecule has 10 nitrogen and oxygen atoms in total. The van der Waals surface area contributed by atoms with Crippen molar-refractivity contribution in [2.75, 3.05) is 41.0 Å². The Morgan fingerprint density at radius 3 is 2.32 bits per heavy atom. The lowest BCUT2D eigenvalue weighted by molar-refractivity contribution is -0.0136. The minimum absolute atomic E-state index is 0.0283. The highest BCUT2D eigenvalue weighted by atomic mass is 32.1. The van der Waals surface area contributed by atoms with Crippen LogP contribution in [0.25, 0.3) is 21.8 Å². The van der Waals surface area contributed by atoms with Gasteiger partial charge in [0.05, 0.1) is 25.0 Å². The quantitative estimate of drug-likeness (QED) is 0.221. The fourth-order valence-corrected chi connectivity index (χ4v) is 4.45. The molecule has 3 aromatic rings. The summed E-state index contributed by atoms with van der Waals surface area (Å²) in [7, 11) is 2.82. The van der Waals surface area contributed by atoms with Crippen molar-refractivity contribution in [3.8, 4) is 39.1 Å². The van der Waals surface area contributed by atoms with Crippen LogP contribution in [-0.4, -0.2) is 68.3 Å². The second-order valence-corrected chi connectivity index (χ2v) is 8.94. The van der Waals surface area contributed by atoms with E-state index in [1.54, 1.807) is 12.1 Å². The van der Waals surface area contributed by atoms with E-state index in [9.17, 15) is 15.0 Å². The maximum absolute atomic E-state index is 12.9. The Bertz CT molecular complexity index is 1210. The first-order valence-corrected chi connectivity index (χ1v) is 12.9. The number of aromatic nitrogens is 1. The van der Waals surface area contributed by atoms with Gasteiger partial charge in [-0.15, -0.1) is 11.3 Å². The summed E-state index contributed by atoms with van der Waals surface area (Å²) in [6.45, 7) is 5.78. The monoisotopic (exact) mass is 547 g/mol. The van der Waals surface area contributed by atoms with E-state index in [1.165, 1.54) is 32.5 Å². The first-order valence-electron chi connectivity index (χ1n) is 12.0. The lowest BCUT2D eigenvalue weighted by atomic mass is 9.96. The van der Waals surface area contributed by atoms with E-state index in [0.717, 1.165) is 5.56 Å². The topological polar surface area (TPSA) is 126 Å². The number of aliphatic hydroxyl groups excluding tert-OH is 2. The largest absolute Gasteiger partial charge is 0.490 e. The van der Waals surface area contributed by atoms with Gasteiger partial charge in [-0.05, 0) is 51.1 Å². The lowest BCUT2D eigenvalue weighted by Crippen LogP contribution is -2.18. The smallest absolute Gasteiger partial charge is 0.344 e. The number of carbonyl (C=O) groups is 1. The highest BCUT2D eigenvalue weighted by Crippen LogP contribution is 2.39. The van der Waals surface area contributed by atoms with E-state index >= 15 is 0 Å². The molecular weight excluding hydrogens is 514 g/mol. The minimum atomic E-state index is -1.35. The van der Waals surface area contributed by atoms with Gasteiger partial charge >= 0.3 is 5.97 Å². The van der Waals surface area contributed by atoms with Gasteiger partial charge in [-0.1, -0.05) is 0 Å². The molecule has 2 N–H and O–H groups in total. The molecule has 0 aliphatic carbocycles. The molecule has 0 saturated heterocycles. The average molecular weight is 548 g/mol. The van der Waals surface area contributed by atoms with Crippen LogP contribution in [0.15, 0.2) is 35.7 Å². The molecule has 0 amide bonds. The zero-order chi connectivity index (χ0) is 27.7. The van der Waals surface area contributed by atoms with Gasteiger partial charge in [0.1, 0.15) is 22.4 Å². The molecule has 11 heteroatoms. The molecule has 0 aliphatic rings. The summed E-state index contributed by atoms with van der Waals surface area (Å²) in [6, 6.07) is 8.79. The molecule has 38 heavy (non-hydrogen) atoms. The molecule has 2 atom stereocenters. The number of thiazole rings is 1. The van der Waals surface area contributed by atoms with Crippen molar-refractivity contribution in [3.05, 3.63) is 46.8 Å². The number of aliphatic hydroxyl groups is 2. The molecule has 0 spiro atoms. The zero-order valence-electron chi connectivity index (χ0n) is 22.1. The van der Waals surface area contributed by atoms with Crippen molar-refractivity contribution in [1.82, 2.24) is 4.98 Å². The van der Waals surface area contributed by atoms with Crippen molar-refractivity contribution in [2.24, 2.45) is 0 Å². The Hall–Kier alpha value is -3.22. The Morgan fingerprint density at radius 2 is 1.66 bits per heavy atom. The molecule has 0 bridgehead atoms. The summed E-state index contributed by atoms with van der Waals surface area (Å²) < 4.78 is 32.1. The van der Waals surface area contributed by atoms with E-state index in [4.69, 9.17) is 33.4 Å². The van der Waals surface area contributed by atoms with Gasteiger partial charge in [-0.3, -0.25) is 0 Å². The summed E-state index contributed by atoms with van der Waals surface area (Å²) in [5.41, 5.74) is 2.12. The molecule has 3 rings (SSSR count). The van der Waals surface area contributed by atoms with Crippen LogP contribution < -0.4 is 14.2 Å². The van der Waals surface area contributed by atoms with E-state index in [-0.39, 0.29) is 30.5 Å². The van der Waals surface area contributed by atoms with E-state index in [1.807, 2.05) is 37.4 Å². The van der Waals surface area contributed by atoms with E-state index in [0.29, 0.717) is 41.0 Å². The molecule has 2 unspecified atom stereocenters. The number of ether oxygens (including phenoxy) is 6. The van der Waals surface area contributed by atoms with Crippen LogP contribution in [0, 0.1) is 0 Å². The SMILES string of the molecule is CCOc1ccc(-c2nc(-c3cc(C(=O)OCOC)c(OCOC)c(C(O)C(C)O)c3)cs2)cc1OCC. The van der Waals surface area contributed by atoms with Gasteiger partial charge in [-0.25, -0.2) is 9.78 Å². The number of nitrogens with zero attached hydrogens (tertiary/aromatic N) is 1. The maximum atomic E-state index is 12.9. The molecule has 0 fully saturated rings. The Morgan fingerprint density at radius 1 is 0.947 bits per heavy atom. The van der Waals surface area contributed by atoms with E-state index < -0.39 is 18.2 Å². The van der Waals surface area contributed by atoms with Crippen molar-refractivity contribution in [2.45, 2.75) is 33.0 Å². The van der Waals surface area contributed by atoms with Gasteiger partial charge < -0.3 is 38.6 Å². The highest BCUT2D eigenvalue weighted by Gasteiger charge is 2.27. The predicted molar refractivity (Wildman–Crippen MR) is 142 cm³/mol. The van der Waals surface area contributed by atoms with E-state index in [2.05, 4.69) is 0 Å². The summed E-state index contributed by atoms with van der Waals surface area (Å²) in [5.74, 6) is 0.571. The van der Waals surface area contributed by atoms with Gasteiger partial charge in [0.25, 0.3) is 0 Å². The van der Waals surface area contributed by atoms with Gasteiger partial charge in [-0.2, -0.15) is 0 Å². The molecular formula is C27H33NO9S. The number of hydrogen-bond acceptors (Lipinski definition) is 11. The van der Waals surface area contributed by atoms with Gasteiger partial charge in [0.2, 0.25) is 0 Å². The van der Waals surface area contributed by atoms with Gasteiger partial charge in [0, 0.05) is 36.3 Å². The molecule has 0 aliphatic heterocycles. The second-order valence-electron chi connectivity index (χ2n) is 8.08. The Labute approximate surface area is 225 Å². The number of rotatable bonds is 14. The van der Waals surface area contributed by atoms with Crippen LogP contribution in [0.3, 0.4) is 0 Å². The van der Waals surface area contributed by atoms with Crippen LogP contribution in [0.1, 0.15) is 42.8 Å². The van der Waals surface area contributed by atoms with Crippen molar-refractivity contribution in [3.63, 3.8) is 0 Å². The summed E-state index contributed by atoms with van der Waals surface area (Å²) in [6.07, 6.45) is -2.50. The molecule has 0 radical (unpaired) electrons. The first-order chi connectivity index (χ1) is 18.3. The summed E-state index contributed by atoms with van der Waals surface area (Å²) in [4.78, 5) is 17.7. The van der Waals surface area contributed by atoms with Crippen LogP contribution in [0.2, 0.25) is 0 Å². The fourth-order valence-electron chi connectivity index (χ4n) is 3.62. The fraction of sp³-hybridized carbons (Fsp3) is 0.407. The average Bonchev–Trinajstić information content (AvgIpc) is 3.41. The van der Waals surface area contributed by atoms with Crippen LogP contribution in [-0.2, 0) is 14.2 Å². The Balaban J connectivity index is 2.10.